The van der Waals surface area contributed by atoms with Gasteiger partial charge in [0.05, 0.1) is 38.4 Å². The number of thiazole rings is 1. The van der Waals surface area contributed by atoms with E-state index in [1.807, 2.05) is 48.5 Å². The Balaban J connectivity index is 1.44. The van der Waals surface area contributed by atoms with Gasteiger partial charge in [0.2, 0.25) is 0 Å². The zero-order valence-electron chi connectivity index (χ0n) is 25.5. The minimum Gasteiger partial charge on any atom is -0.497 e. The summed E-state index contributed by atoms with van der Waals surface area (Å²) in [6.45, 7) is 1.90. The number of nitrogens with one attached hydrogen (secondary N) is 1. The van der Waals surface area contributed by atoms with E-state index in [1.165, 1.54) is 23.5 Å². The number of non-ortho nitro benzene ring substituents is 1. The number of carbonyl (C=O) groups is 1. The SMILES string of the molecule is COc1cccc([C@@H]2C(C(=O)Nc3ccccc3)=C(C)N=c3s/c(=C\c4cc(Br)cc(Br)c4OCc4ccc([N+](=O)[O-])cc4)c(=O)n32)c1. The Kier molecular flexibility index (Phi) is 9.71. The Bertz CT molecular complexity index is 2270. The Morgan fingerprint density at radius 2 is 1.81 bits per heavy atom. The summed E-state index contributed by atoms with van der Waals surface area (Å²) in [4.78, 5) is 43.9. The van der Waals surface area contributed by atoms with Gasteiger partial charge in [-0.15, -0.1) is 0 Å². The lowest BCUT2D eigenvalue weighted by Gasteiger charge is -2.25. The van der Waals surface area contributed by atoms with Crippen molar-refractivity contribution in [2.24, 2.45) is 4.99 Å². The molecule has 242 valence electrons. The smallest absolute Gasteiger partial charge is 0.271 e. The number of hydrogen-bond donors (Lipinski definition) is 1. The zero-order valence-corrected chi connectivity index (χ0v) is 29.5. The first-order chi connectivity index (χ1) is 23.1. The Morgan fingerprint density at radius 3 is 2.52 bits per heavy atom. The van der Waals surface area contributed by atoms with Gasteiger partial charge in [0.25, 0.3) is 17.2 Å². The molecule has 1 aliphatic rings. The molecule has 0 unspecified atom stereocenters. The fourth-order valence-electron chi connectivity index (χ4n) is 5.31. The van der Waals surface area contributed by atoms with E-state index in [4.69, 9.17) is 14.5 Å². The van der Waals surface area contributed by atoms with Crippen molar-refractivity contribution in [1.82, 2.24) is 4.57 Å². The van der Waals surface area contributed by atoms with E-state index < -0.39 is 11.0 Å². The highest BCUT2D eigenvalue weighted by atomic mass is 79.9. The summed E-state index contributed by atoms with van der Waals surface area (Å²) in [5.74, 6) is 0.689. The van der Waals surface area contributed by atoms with Gasteiger partial charge in [-0.05, 0) is 88.6 Å². The van der Waals surface area contributed by atoms with Gasteiger partial charge < -0.3 is 14.8 Å². The number of allylic oxidation sites excluding steroid dienone is 1. The van der Waals surface area contributed by atoms with Crippen molar-refractivity contribution in [3.8, 4) is 11.5 Å². The molecule has 1 aliphatic heterocycles. The van der Waals surface area contributed by atoms with Crippen LogP contribution in [0, 0.1) is 10.1 Å². The number of methoxy groups -OCH3 is 1. The van der Waals surface area contributed by atoms with Gasteiger partial charge in [0.15, 0.2) is 4.80 Å². The molecule has 48 heavy (non-hydrogen) atoms. The summed E-state index contributed by atoms with van der Waals surface area (Å²) in [5.41, 5.74) is 3.13. The van der Waals surface area contributed by atoms with E-state index in [1.54, 1.807) is 55.0 Å². The molecule has 0 radical (unpaired) electrons. The number of ether oxygens (including phenoxy) is 2. The van der Waals surface area contributed by atoms with Crippen LogP contribution in [0.25, 0.3) is 6.08 Å². The number of hydrogen-bond acceptors (Lipinski definition) is 8. The predicted octanol–water partition coefficient (Wildman–Crippen LogP) is 6.89. The van der Waals surface area contributed by atoms with Crippen LogP contribution in [-0.4, -0.2) is 22.5 Å². The summed E-state index contributed by atoms with van der Waals surface area (Å²) in [7, 11) is 1.56. The molecular formula is C35H26Br2N4O6S. The van der Waals surface area contributed by atoms with Crippen LogP contribution in [0.1, 0.15) is 29.7 Å². The third kappa shape index (κ3) is 6.89. The van der Waals surface area contributed by atoms with Crippen molar-refractivity contribution in [2.75, 3.05) is 12.4 Å². The lowest BCUT2D eigenvalue weighted by Crippen LogP contribution is -2.40. The number of para-hydroxylation sites is 1. The van der Waals surface area contributed by atoms with E-state index in [9.17, 15) is 19.7 Å². The van der Waals surface area contributed by atoms with Crippen LogP contribution in [0.2, 0.25) is 0 Å². The first kappa shape index (κ1) is 33.1. The predicted molar refractivity (Wildman–Crippen MR) is 191 cm³/mol. The maximum Gasteiger partial charge on any atom is 0.271 e. The second-order valence-electron chi connectivity index (χ2n) is 10.7. The summed E-state index contributed by atoms with van der Waals surface area (Å²) >= 11 is 8.32. The highest BCUT2D eigenvalue weighted by Gasteiger charge is 2.33. The number of nitro groups is 1. The number of nitrogens with zero attached hydrogens (tertiary/aromatic N) is 3. The lowest BCUT2D eigenvalue weighted by molar-refractivity contribution is -0.384. The fraction of sp³-hybridized carbons (Fsp3) is 0.114. The minimum absolute atomic E-state index is 0.0113. The molecule has 6 rings (SSSR count). The molecule has 0 spiro atoms. The summed E-state index contributed by atoms with van der Waals surface area (Å²) in [6, 6.07) is 25.4. The third-order valence-electron chi connectivity index (χ3n) is 7.56. The number of halogens is 2. The molecule has 0 fully saturated rings. The Hall–Kier alpha value is -4.85. The van der Waals surface area contributed by atoms with Crippen molar-refractivity contribution in [3.63, 3.8) is 0 Å². The van der Waals surface area contributed by atoms with Crippen molar-refractivity contribution in [1.29, 1.82) is 0 Å². The van der Waals surface area contributed by atoms with Gasteiger partial charge in [-0.25, -0.2) is 4.99 Å². The number of nitro benzene ring substituents is 1. The van der Waals surface area contributed by atoms with E-state index in [0.29, 0.717) is 53.4 Å². The van der Waals surface area contributed by atoms with Gasteiger partial charge in [0.1, 0.15) is 18.1 Å². The van der Waals surface area contributed by atoms with Gasteiger partial charge >= 0.3 is 0 Å². The quantitative estimate of drug-likeness (QED) is 0.128. The maximum absolute atomic E-state index is 14.3. The van der Waals surface area contributed by atoms with Crippen LogP contribution in [-0.2, 0) is 11.4 Å². The van der Waals surface area contributed by atoms with Gasteiger partial charge in [-0.1, -0.05) is 57.6 Å². The first-order valence-electron chi connectivity index (χ1n) is 14.5. The molecule has 5 aromatic rings. The zero-order chi connectivity index (χ0) is 33.9. The largest absolute Gasteiger partial charge is 0.497 e. The van der Waals surface area contributed by atoms with Crippen LogP contribution in [0.3, 0.4) is 0 Å². The summed E-state index contributed by atoms with van der Waals surface area (Å²) in [6.07, 6.45) is 1.73. The highest BCUT2D eigenvalue weighted by molar-refractivity contribution is 9.11. The average Bonchev–Trinajstić information content (AvgIpc) is 3.37. The van der Waals surface area contributed by atoms with Crippen molar-refractivity contribution in [2.45, 2.75) is 19.6 Å². The molecule has 0 bridgehead atoms. The second kappa shape index (κ2) is 14.1. The number of aromatic nitrogens is 1. The number of anilines is 1. The molecule has 1 atom stereocenters. The standard InChI is InChI=1S/C35H26Br2N4O6S/c1-20-30(33(42)39-25-8-4-3-5-9-25)31(22-7-6-10-27(16-22)46-2)40-34(43)29(48-35(40)38-20)17-23-15-24(36)18-28(37)32(23)47-19-21-11-13-26(14-12-21)41(44)45/h3-18,31H,19H2,1-2H3,(H,39,42)/b29-17-/t31-/m1/s1. The van der Waals surface area contributed by atoms with Crippen molar-refractivity contribution < 1.29 is 19.2 Å². The van der Waals surface area contributed by atoms with Crippen LogP contribution < -0.4 is 29.7 Å². The molecule has 1 N–H and O–H groups in total. The van der Waals surface area contributed by atoms with Gasteiger partial charge in [-0.2, -0.15) is 0 Å². The number of benzene rings is 4. The van der Waals surface area contributed by atoms with Gasteiger partial charge in [0, 0.05) is 27.9 Å². The molecule has 10 nitrogen and oxygen atoms in total. The molecule has 13 heteroatoms. The minimum atomic E-state index is -0.783. The molecule has 0 aliphatic carbocycles. The molecule has 1 amide bonds. The van der Waals surface area contributed by atoms with Crippen LogP contribution in [0.4, 0.5) is 11.4 Å². The molecule has 0 saturated carbocycles. The molecule has 0 saturated heterocycles. The highest BCUT2D eigenvalue weighted by Crippen LogP contribution is 2.35. The summed E-state index contributed by atoms with van der Waals surface area (Å²) in [5, 5.41) is 14.0. The second-order valence-corrected chi connectivity index (χ2v) is 13.5. The summed E-state index contributed by atoms with van der Waals surface area (Å²) < 4.78 is 15.0. The third-order valence-corrected chi connectivity index (χ3v) is 9.59. The van der Waals surface area contributed by atoms with E-state index >= 15 is 0 Å². The molecule has 1 aromatic heterocycles. The van der Waals surface area contributed by atoms with Crippen LogP contribution >= 0.6 is 43.2 Å². The number of fused-ring (bicyclic) bond motifs is 1. The van der Waals surface area contributed by atoms with Crippen LogP contribution in [0.5, 0.6) is 11.5 Å². The maximum atomic E-state index is 14.3. The van der Waals surface area contributed by atoms with E-state index in [2.05, 4.69) is 37.2 Å². The monoisotopic (exact) mass is 788 g/mol. The number of carbonyl (C=O) groups excluding carboxylic acids is 1. The lowest BCUT2D eigenvalue weighted by atomic mass is 9.95. The molecular weight excluding hydrogens is 764 g/mol. The fourth-order valence-corrected chi connectivity index (χ4v) is 7.72. The van der Waals surface area contributed by atoms with Crippen molar-refractivity contribution in [3.05, 3.63) is 158 Å². The first-order valence-corrected chi connectivity index (χ1v) is 16.9. The average molecular weight is 790 g/mol. The van der Waals surface area contributed by atoms with Crippen molar-refractivity contribution >= 4 is 66.6 Å². The Morgan fingerprint density at radius 1 is 1.06 bits per heavy atom. The normalized spacial score (nSPS) is 14.2. The number of rotatable bonds is 9. The van der Waals surface area contributed by atoms with Gasteiger partial charge in [-0.3, -0.25) is 24.3 Å². The Labute approximate surface area is 295 Å². The van der Waals surface area contributed by atoms with E-state index in [-0.39, 0.29) is 23.8 Å². The van der Waals surface area contributed by atoms with Crippen LogP contribution in [0.15, 0.2) is 121 Å². The van der Waals surface area contributed by atoms with E-state index in [0.717, 1.165) is 10.0 Å². The number of amides is 1. The molecule has 2 heterocycles. The topological polar surface area (TPSA) is 125 Å². The molecule has 4 aromatic carbocycles.